The van der Waals surface area contributed by atoms with Crippen LogP contribution in [0.5, 0.6) is 0 Å². The molecule has 21 heavy (non-hydrogen) atoms. The van der Waals surface area contributed by atoms with Crippen LogP contribution in [-0.2, 0) is 9.47 Å². The van der Waals surface area contributed by atoms with E-state index in [0.29, 0.717) is 0 Å². The van der Waals surface area contributed by atoms with Crippen LogP contribution >= 0.6 is 0 Å². The summed E-state index contributed by atoms with van der Waals surface area (Å²) in [5.74, 6) is -4.07. The van der Waals surface area contributed by atoms with Gasteiger partial charge >= 0.3 is 12.3 Å². The normalized spacial score (nSPS) is 26.3. The lowest BCUT2D eigenvalue weighted by molar-refractivity contribution is -0.168. The molecule has 1 heterocycles. The molecule has 0 aromatic carbocycles. The summed E-state index contributed by atoms with van der Waals surface area (Å²) in [6, 6.07) is -0.241. The van der Waals surface area contributed by atoms with E-state index in [-0.39, 0.29) is 24.2 Å². The molecule has 1 rings (SSSR count). The van der Waals surface area contributed by atoms with E-state index in [1.807, 2.05) is 27.7 Å². The van der Waals surface area contributed by atoms with Crippen LogP contribution in [0.4, 0.5) is 17.6 Å². The van der Waals surface area contributed by atoms with Crippen molar-refractivity contribution in [3.63, 3.8) is 0 Å². The van der Waals surface area contributed by atoms with E-state index in [9.17, 15) is 17.6 Å². The van der Waals surface area contributed by atoms with Gasteiger partial charge in [0.05, 0.1) is 17.8 Å². The fraction of sp³-hybridized carbons (Fsp3) is 1.00. The third-order valence-corrected chi connectivity index (χ3v) is 3.91. The molecular weight excluding hydrogens is 290 g/mol. The molecule has 1 aliphatic heterocycles. The molecule has 1 saturated heterocycles. The summed E-state index contributed by atoms with van der Waals surface area (Å²) in [4.78, 5) is 0. The molecule has 0 radical (unpaired) electrons. The van der Waals surface area contributed by atoms with Crippen molar-refractivity contribution < 1.29 is 27.0 Å². The first kappa shape index (κ1) is 18.6. The average Bonchev–Trinajstić information content (AvgIpc) is 2.52. The van der Waals surface area contributed by atoms with Crippen molar-refractivity contribution in [2.75, 3.05) is 20.3 Å². The van der Waals surface area contributed by atoms with Crippen LogP contribution in [0, 0.1) is 5.92 Å². The van der Waals surface area contributed by atoms with Crippen LogP contribution in [0.3, 0.4) is 0 Å². The molecule has 126 valence electrons. The van der Waals surface area contributed by atoms with E-state index in [2.05, 4.69) is 5.32 Å². The number of nitrogens with one attached hydrogen (secondary N) is 1. The molecule has 0 spiro atoms. The van der Waals surface area contributed by atoms with Gasteiger partial charge in [0, 0.05) is 12.0 Å². The van der Waals surface area contributed by atoms with Crippen molar-refractivity contribution in [1.82, 2.24) is 5.32 Å². The summed E-state index contributed by atoms with van der Waals surface area (Å²) in [5, 5.41) is 3.02. The van der Waals surface area contributed by atoms with Crippen molar-refractivity contribution >= 4 is 0 Å². The van der Waals surface area contributed by atoms with Gasteiger partial charge in [0.25, 0.3) is 0 Å². The molecule has 0 aliphatic carbocycles. The Balaban J connectivity index is 2.60. The smallest absolute Gasteiger partial charge is 0.330 e. The van der Waals surface area contributed by atoms with Crippen molar-refractivity contribution in [2.45, 2.75) is 63.7 Å². The first-order chi connectivity index (χ1) is 9.41. The zero-order chi connectivity index (χ0) is 16.5. The van der Waals surface area contributed by atoms with Gasteiger partial charge in [-0.1, -0.05) is 0 Å². The predicted molar refractivity (Wildman–Crippen MR) is 72.0 cm³/mol. The Morgan fingerprint density at radius 2 is 1.86 bits per heavy atom. The Morgan fingerprint density at radius 3 is 2.24 bits per heavy atom. The second-order valence-electron chi connectivity index (χ2n) is 6.75. The van der Waals surface area contributed by atoms with E-state index in [1.54, 1.807) is 7.05 Å². The van der Waals surface area contributed by atoms with Gasteiger partial charge in [-0.2, -0.15) is 8.78 Å². The zero-order valence-corrected chi connectivity index (χ0v) is 13.2. The number of ether oxygens (including phenoxy) is 2. The second-order valence-corrected chi connectivity index (χ2v) is 6.75. The second kappa shape index (κ2) is 6.38. The largest absolute Gasteiger partial charge is 0.373 e. The third kappa shape index (κ3) is 4.79. The van der Waals surface area contributed by atoms with Gasteiger partial charge in [0.1, 0.15) is 6.61 Å². The number of hydrogen-bond donors (Lipinski definition) is 1. The van der Waals surface area contributed by atoms with Crippen molar-refractivity contribution in [3.05, 3.63) is 0 Å². The van der Waals surface area contributed by atoms with Gasteiger partial charge in [0.15, 0.2) is 0 Å². The predicted octanol–water partition coefficient (Wildman–Crippen LogP) is 3.09. The van der Waals surface area contributed by atoms with Crippen molar-refractivity contribution in [3.8, 4) is 0 Å². The highest BCUT2D eigenvalue weighted by atomic mass is 19.3. The highest BCUT2D eigenvalue weighted by molar-refractivity contribution is 4.99. The van der Waals surface area contributed by atoms with Crippen molar-refractivity contribution in [1.29, 1.82) is 0 Å². The van der Waals surface area contributed by atoms with Gasteiger partial charge in [-0.05, 0) is 41.2 Å². The van der Waals surface area contributed by atoms with E-state index >= 15 is 0 Å². The summed E-state index contributed by atoms with van der Waals surface area (Å²) in [5.41, 5.74) is -0.748. The Hall–Kier alpha value is -0.400. The molecule has 0 aromatic rings. The van der Waals surface area contributed by atoms with Gasteiger partial charge in [-0.3, -0.25) is 0 Å². The van der Waals surface area contributed by atoms with E-state index in [4.69, 9.17) is 9.47 Å². The van der Waals surface area contributed by atoms with Gasteiger partial charge < -0.3 is 14.8 Å². The minimum atomic E-state index is -4.11. The monoisotopic (exact) mass is 315 g/mol. The molecular formula is C14H25F4NO2. The van der Waals surface area contributed by atoms with Gasteiger partial charge in [-0.15, -0.1) is 0 Å². The van der Waals surface area contributed by atoms with Gasteiger partial charge in [0.2, 0.25) is 0 Å². The van der Waals surface area contributed by atoms with Crippen LogP contribution in [0.1, 0.15) is 34.1 Å². The SMILES string of the molecule is CNC(COCC(F)(F)C(F)F)C1CC(C)(C)OC1(C)C. The molecule has 0 bridgehead atoms. The molecule has 1 fully saturated rings. The fourth-order valence-electron chi connectivity index (χ4n) is 3.02. The molecule has 1 N–H and O–H groups in total. The Morgan fingerprint density at radius 1 is 1.29 bits per heavy atom. The lowest BCUT2D eigenvalue weighted by Gasteiger charge is -2.33. The standard InChI is InChI=1S/C14H25F4NO2/c1-12(2)6-9(13(3,4)21-12)10(19-5)7-20-8-14(17,18)11(15)16/h9-11,19H,6-8H2,1-5H3. The number of hydrogen-bond acceptors (Lipinski definition) is 3. The first-order valence-corrected chi connectivity index (χ1v) is 7.02. The summed E-state index contributed by atoms with van der Waals surface area (Å²) in [6.07, 6.45) is -2.98. The lowest BCUT2D eigenvalue weighted by atomic mass is 9.82. The Labute approximate surface area is 123 Å². The molecule has 7 heteroatoms. The highest BCUT2D eigenvalue weighted by Gasteiger charge is 2.49. The van der Waals surface area contributed by atoms with Crippen LogP contribution < -0.4 is 5.32 Å². The number of halogens is 4. The number of likely N-dealkylation sites (N-methyl/N-ethyl adjacent to an activating group) is 1. The molecule has 1 aliphatic rings. The van der Waals surface area contributed by atoms with Crippen LogP contribution in [0.15, 0.2) is 0 Å². The van der Waals surface area contributed by atoms with Crippen LogP contribution in [0.2, 0.25) is 0 Å². The molecule has 2 unspecified atom stereocenters. The maximum atomic E-state index is 12.8. The quantitative estimate of drug-likeness (QED) is 0.732. The molecule has 0 saturated carbocycles. The lowest BCUT2D eigenvalue weighted by Crippen LogP contribution is -2.46. The topological polar surface area (TPSA) is 30.5 Å². The summed E-state index contributed by atoms with van der Waals surface area (Å²) in [7, 11) is 1.70. The van der Waals surface area contributed by atoms with E-state index in [1.165, 1.54) is 0 Å². The summed E-state index contributed by atoms with van der Waals surface area (Å²) in [6.45, 7) is 6.46. The molecule has 2 atom stereocenters. The Bertz CT molecular complexity index is 348. The molecule has 0 aromatic heterocycles. The average molecular weight is 315 g/mol. The highest BCUT2D eigenvalue weighted by Crippen LogP contribution is 2.43. The van der Waals surface area contributed by atoms with E-state index in [0.717, 1.165) is 6.42 Å². The minimum absolute atomic E-state index is 0.0395. The Kier molecular flexibility index (Phi) is 5.67. The van der Waals surface area contributed by atoms with Crippen LogP contribution in [0.25, 0.3) is 0 Å². The summed E-state index contributed by atoms with van der Waals surface area (Å²) >= 11 is 0. The summed E-state index contributed by atoms with van der Waals surface area (Å²) < 4.78 is 60.6. The first-order valence-electron chi connectivity index (χ1n) is 7.02. The molecule has 3 nitrogen and oxygen atoms in total. The molecule has 0 amide bonds. The number of alkyl halides is 4. The van der Waals surface area contributed by atoms with E-state index < -0.39 is 24.6 Å². The van der Waals surface area contributed by atoms with Crippen molar-refractivity contribution in [2.24, 2.45) is 5.92 Å². The minimum Gasteiger partial charge on any atom is -0.373 e. The maximum Gasteiger partial charge on any atom is 0.330 e. The number of rotatable bonds is 7. The maximum absolute atomic E-state index is 12.8. The zero-order valence-electron chi connectivity index (χ0n) is 13.2. The third-order valence-electron chi connectivity index (χ3n) is 3.91. The van der Waals surface area contributed by atoms with Crippen LogP contribution in [-0.4, -0.2) is 49.9 Å². The van der Waals surface area contributed by atoms with Gasteiger partial charge in [-0.25, -0.2) is 8.78 Å². The fourth-order valence-corrected chi connectivity index (χ4v) is 3.02.